The number of ether oxygens (including phenoxy) is 2. The number of aromatic nitrogens is 2. The third-order valence-corrected chi connectivity index (χ3v) is 5.58. The normalized spacial score (nSPS) is 17.5. The second-order valence-corrected chi connectivity index (χ2v) is 7.48. The predicted octanol–water partition coefficient (Wildman–Crippen LogP) is 3.71. The predicted molar refractivity (Wildman–Crippen MR) is 109 cm³/mol. The molecule has 0 bridgehead atoms. The molecule has 3 rings (SSSR count). The molecule has 0 aliphatic carbocycles. The Balaban J connectivity index is 1.70. The van der Waals surface area contributed by atoms with Crippen LogP contribution in [0.4, 0.5) is 0 Å². The SMILES string of the molecule is CCCn1ncc(CN2CCCC(C(=O)c3ccc(OC)cc3OC)C2)c1C. The summed E-state index contributed by atoms with van der Waals surface area (Å²) in [5.74, 6) is 1.42. The van der Waals surface area contributed by atoms with E-state index in [0.29, 0.717) is 17.1 Å². The van der Waals surface area contributed by atoms with Crippen molar-refractivity contribution in [2.24, 2.45) is 5.92 Å². The van der Waals surface area contributed by atoms with E-state index in [-0.39, 0.29) is 11.7 Å². The lowest BCUT2D eigenvalue weighted by molar-refractivity contribution is 0.0808. The van der Waals surface area contributed by atoms with Gasteiger partial charge in [-0.3, -0.25) is 14.4 Å². The third-order valence-electron chi connectivity index (χ3n) is 5.58. The van der Waals surface area contributed by atoms with Gasteiger partial charge in [0, 0.05) is 42.9 Å². The Hall–Kier alpha value is -2.34. The first kappa shape index (κ1) is 20.4. The summed E-state index contributed by atoms with van der Waals surface area (Å²) in [4.78, 5) is 15.5. The molecule has 0 radical (unpaired) electrons. The lowest BCUT2D eigenvalue weighted by Gasteiger charge is -2.32. The zero-order chi connectivity index (χ0) is 20.1. The Morgan fingerprint density at radius 1 is 1.29 bits per heavy atom. The van der Waals surface area contributed by atoms with Crippen molar-refractivity contribution >= 4 is 5.78 Å². The summed E-state index contributed by atoms with van der Waals surface area (Å²) in [6.07, 6.45) is 4.99. The third kappa shape index (κ3) is 4.38. The van der Waals surface area contributed by atoms with Crippen LogP contribution in [-0.4, -0.2) is 47.8 Å². The number of hydrogen-bond donors (Lipinski definition) is 0. The molecule has 1 atom stereocenters. The molecule has 0 amide bonds. The molecular weight excluding hydrogens is 354 g/mol. The van der Waals surface area contributed by atoms with Crippen LogP contribution in [0.5, 0.6) is 11.5 Å². The molecule has 1 aliphatic rings. The van der Waals surface area contributed by atoms with Crippen molar-refractivity contribution in [2.75, 3.05) is 27.3 Å². The number of nitrogens with zero attached hydrogens (tertiary/aromatic N) is 3. The molecule has 1 aliphatic heterocycles. The topological polar surface area (TPSA) is 56.6 Å². The molecule has 1 aromatic carbocycles. The van der Waals surface area contributed by atoms with Crippen molar-refractivity contribution in [3.63, 3.8) is 0 Å². The minimum atomic E-state index is -0.0120. The summed E-state index contributed by atoms with van der Waals surface area (Å²) in [6.45, 7) is 7.87. The van der Waals surface area contributed by atoms with Gasteiger partial charge in [0.25, 0.3) is 0 Å². The van der Waals surface area contributed by atoms with Crippen LogP contribution in [0.3, 0.4) is 0 Å². The van der Waals surface area contributed by atoms with Crippen molar-refractivity contribution in [1.29, 1.82) is 0 Å². The lowest BCUT2D eigenvalue weighted by Crippen LogP contribution is -2.38. The minimum Gasteiger partial charge on any atom is -0.497 e. The number of carbonyl (C=O) groups excluding carboxylic acids is 1. The van der Waals surface area contributed by atoms with Crippen molar-refractivity contribution in [3.8, 4) is 11.5 Å². The van der Waals surface area contributed by atoms with Crippen molar-refractivity contribution in [2.45, 2.75) is 46.2 Å². The number of methoxy groups -OCH3 is 2. The van der Waals surface area contributed by atoms with E-state index in [9.17, 15) is 4.79 Å². The summed E-state index contributed by atoms with van der Waals surface area (Å²) < 4.78 is 12.8. The molecule has 6 heteroatoms. The fourth-order valence-electron chi connectivity index (χ4n) is 3.95. The van der Waals surface area contributed by atoms with E-state index in [0.717, 1.165) is 45.4 Å². The van der Waals surface area contributed by atoms with Gasteiger partial charge in [0.05, 0.1) is 26.0 Å². The van der Waals surface area contributed by atoms with E-state index in [1.54, 1.807) is 20.3 Å². The van der Waals surface area contributed by atoms with E-state index in [1.165, 1.54) is 11.3 Å². The van der Waals surface area contributed by atoms with Crippen LogP contribution in [0, 0.1) is 12.8 Å². The van der Waals surface area contributed by atoms with E-state index >= 15 is 0 Å². The van der Waals surface area contributed by atoms with Crippen LogP contribution in [0.2, 0.25) is 0 Å². The number of likely N-dealkylation sites (tertiary alicyclic amines) is 1. The fourth-order valence-corrected chi connectivity index (χ4v) is 3.95. The van der Waals surface area contributed by atoms with Gasteiger partial charge in [-0.15, -0.1) is 0 Å². The summed E-state index contributed by atoms with van der Waals surface area (Å²) in [6, 6.07) is 5.42. The molecule has 1 unspecified atom stereocenters. The molecule has 6 nitrogen and oxygen atoms in total. The quantitative estimate of drug-likeness (QED) is 0.649. The first-order valence-electron chi connectivity index (χ1n) is 10.1. The number of rotatable bonds is 8. The molecule has 0 saturated carbocycles. The smallest absolute Gasteiger partial charge is 0.170 e. The first-order valence-corrected chi connectivity index (χ1v) is 10.1. The Labute approximate surface area is 167 Å². The molecule has 28 heavy (non-hydrogen) atoms. The molecule has 2 aromatic rings. The number of carbonyl (C=O) groups is 1. The number of benzene rings is 1. The maximum absolute atomic E-state index is 13.2. The fraction of sp³-hybridized carbons (Fsp3) is 0.545. The van der Waals surface area contributed by atoms with Gasteiger partial charge in [-0.1, -0.05) is 6.92 Å². The number of hydrogen-bond acceptors (Lipinski definition) is 5. The lowest BCUT2D eigenvalue weighted by atomic mass is 9.89. The summed E-state index contributed by atoms with van der Waals surface area (Å²) in [7, 11) is 3.20. The molecule has 0 spiro atoms. The van der Waals surface area contributed by atoms with Gasteiger partial charge in [-0.05, 0) is 44.9 Å². The highest BCUT2D eigenvalue weighted by molar-refractivity contribution is 6.00. The maximum Gasteiger partial charge on any atom is 0.170 e. The highest BCUT2D eigenvalue weighted by atomic mass is 16.5. The van der Waals surface area contributed by atoms with Gasteiger partial charge in [-0.25, -0.2) is 0 Å². The number of ketones is 1. The van der Waals surface area contributed by atoms with Crippen LogP contribution in [-0.2, 0) is 13.1 Å². The van der Waals surface area contributed by atoms with Crippen LogP contribution < -0.4 is 9.47 Å². The van der Waals surface area contributed by atoms with Crippen LogP contribution in [0.1, 0.15) is 47.8 Å². The molecule has 1 saturated heterocycles. The molecule has 1 fully saturated rings. The van der Waals surface area contributed by atoms with E-state index in [2.05, 4.69) is 28.5 Å². The summed E-state index contributed by atoms with van der Waals surface area (Å²) in [5.41, 5.74) is 3.12. The molecule has 152 valence electrons. The monoisotopic (exact) mass is 385 g/mol. The molecule has 0 N–H and O–H groups in total. The first-order chi connectivity index (χ1) is 13.6. The maximum atomic E-state index is 13.2. The second kappa shape index (κ2) is 9.24. The Morgan fingerprint density at radius 3 is 2.82 bits per heavy atom. The van der Waals surface area contributed by atoms with Crippen molar-refractivity contribution in [1.82, 2.24) is 14.7 Å². The summed E-state index contributed by atoms with van der Waals surface area (Å²) in [5, 5.41) is 4.51. The zero-order valence-corrected chi connectivity index (χ0v) is 17.4. The van der Waals surface area contributed by atoms with Gasteiger partial charge in [0.1, 0.15) is 11.5 Å². The standard InChI is InChI=1S/C22H31N3O3/c1-5-10-25-16(2)18(13-23-25)15-24-11-6-7-17(14-24)22(26)20-9-8-19(27-3)12-21(20)28-4/h8-9,12-13,17H,5-7,10-11,14-15H2,1-4H3. The second-order valence-electron chi connectivity index (χ2n) is 7.48. The van der Waals surface area contributed by atoms with Gasteiger partial charge in [0.15, 0.2) is 5.78 Å². The van der Waals surface area contributed by atoms with Gasteiger partial charge in [-0.2, -0.15) is 5.10 Å². The molecular formula is C22H31N3O3. The van der Waals surface area contributed by atoms with E-state index < -0.39 is 0 Å². The van der Waals surface area contributed by atoms with Crippen molar-refractivity contribution < 1.29 is 14.3 Å². The summed E-state index contributed by atoms with van der Waals surface area (Å²) >= 11 is 0. The molecule has 2 heterocycles. The van der Waals surface area contributed by atoms with Gasteiger partial charge < -0.3 is 9.47 Å². The number of piperidine rings is 1. The van der Waals surface area contributed by atoms with Crippen LogP contribution in [0.25, 0.3) is 0 Å². The largest absolute Gasteiger partial charge is 0.497 e. The Bertz CT molecular complexity index is 815. The highest BCUT2D eigenvalue weighted by Crippen LogP contribution is 2.30. The van der Waals surface area contributed by atoms with E-state index in [4.69, 9.17) is 9.47 Å². The number of aryl methyl sites for hydroxylation is 1. The average molecular weight is 386 g/mol. The average Bonchev–Trinajstić information content (AvgIpc) is 3.07. The minimum absolute atomic E-state index is 0.0120. The highest BCUT2D eigenvalue weighted by Gasteiger charge is 2.29. The van der Waals surface area contributed by atoms with Crippen LogP contribution >= 0.6 is 0 Å². The zero-order valence-electron chi connectivity index (χ0n) is 17.4. The Kier molecular flexibility index (Phi) is 6.73. The van der Waals surface area contributed by atoms with Crippen molar-refractivity contribution in [3.05, 3.63) is 41.2 Å². The van der Waals surface area contributed by atoms with E-state index in [1.807, 2.05) is 18.3 Å². The number of Topliss-reactive ketones (excluding diaryl/α,β-unsaturated/α-hetero) is 1. The Morgan fingerprint density at radius 2 is 2.11 bits per heavy atom. The van der Waals surface area contributed by atoms with Gasteiger partial charge >= 0.3 is 0 Å². The van der Waals surface area contributed by atoms with Crippen LogP contribution in [0.15, 0.2) is 24.4 Å². The van der Waals surface area contributed by atoms with Gasteiger partial charge in [0.2, 0.25) is 0 Å². The molecule has 1 aromatic heterocycles.